The summed E-state index contributed by atoms with van der Waals surface area (Å²) < 4.78 is 0. The summed E-state index contributed by atoms with van der Waals surface area (Å²) in [7, 11) is 4.42. The smallest absolute Gasteiger partial charge is 0.227 e. The van der Waals surface area contributed by atoms with Gasteiger partial charge in [-0.25, -0.2) is 0 Å². The zero-order chi connectivity index (χ0) is 22.3. The van der Waals surface area contributed by atoms with Gasteiger partial charge in [0.15, 0.2) is 0 Å². The van der Waals surface area contributed by atoms with Crippen LogP contribution in [0.1, 0.15) is 86.0 Å². The lowest BCUT2D eigenvalue weighted by Gasteiger charge is -2.58. The van der Waals surface area contributed by atoms with Gasteiger partial charge in [-0.3, -0.25) is 4.79 Å². The third-order valence-corrected chi connectivity index (χ3v) is 11.2. The number of nitrogens with zero attached hydrogens (tertiary/aromatic N) is 2. The maximum atomic E-state index is 12.9. The normalized spacial score (nSPS) is 47.1. The molecular weight excluding hydrogens is 380 g/mol. The number of fused-ring (bicyclic) bond motifs is 4. The van der Waals surface area contributed by atoms with Crippen LogP contribution in [0.4, 0.5) is 0 Å². The molecule has 0 aromatic carbocycles. The number of carbonyl (C=O) groups is 1. The Bertz CT molecular complexity index is 780. The van der Waals surface area contributed by atoms with Crippen LogP contribution in [0, 0.1) is 39.9 Å². The quantitative estimate of drug-likeness (QED) is 0.498. The van der Waals surface area contributed by atoms with E-state index in [0.717, 1.165) is 36.1 Å². The van der Waals surface area contributed by atoms with Gasteiger partial charge in [0, 0.05) is 31.1 Å². The fraction of sp³-hybridized carbons (Fsp3) is 0.893. The molecule has 1 saturated heterocycles. The summed E-state index contributed by atoms with van der Waals surface area (Å²) >= 11 is 0. The summed E-state index contributed by atoms with van der Waals surface area (Å²) in [4.78, 5) is 17.7. The Morgan fingerprint density at radius 3 is 2.52 bits per heavy atom. The maximum absolute atomic E-state index is 12.9. The molecule has 0 aromatic rings. The Hall–Kier alpha value is -0.830. The average molecular weight is 427 g/mol. The van der Waals surface area contributed by atoms with Gasteiger partial charge in [-0.15, -0.1) is 0 Å². The zero-order valence-electron chi connectivity index (χ0n) is 21.2. The van der Waals surface area contributed by atoms with Crippen molar-refractivity contribution in [2.75, 3.05) is 20.6 Å². The summed E-state index contributed by atoms with van der Waals surface area (Å²) in [6.45, 7) is 12.6. The first-order valence-corrected chi connectivity index (χ1v) is 13.2. The third kappa shape index (κ3) is 3.04. The Morgan fingerprint density at radius 1 is 1.10 bits per heavy atom. The first kappa shape index (κ1) is 22.0. The minimum absolute atomic E-state index is 0.288. The van der Waals surface area contributed by atoms with Gasteiger partial charge < -0.3 is 9.80 Å². The Balaban J connectivity index is 1.37. The largest absolute Gasteiger partial charge is 0.342 e. The lowest BCUT2D eigenvalue weighted by Crippen LogP contribution is -2.53. The van der Waals surface area contributed by atoms with Crippen LogP contribution in [0.15, 0.2) is 11.6 Å². The van der Waals surface area contributed by atoms with Gasteiger partial charge in [0.25, 0.3) is 0 Å². The number of likely N-dealkylation sites (tertiary alicyclic amines) is 1. The maximum Gasteiger partial charge on any atom is 0.227 e. The lowest BCUT2D eigenvalue weighted by atomic mass is 9.47. The van der Waals surface area contributed by atoms with Crippen LogP contribution in [0.25, 0.3) is 0 Å². The minimum atomic E-state index is -0.288. The number of carbonyl (C=O) groups excluding carboxylic acids is 1. The molecule has 4 aliphatic carbocycles. The van der Waals surface area contributed by atoms with E-state index in [2.05, 4.69) is 57.5 Å². The summed E-state index contributed by atoms with van der Waals surface area (Å²) in [6, 6.07) is 1.16. The molecule has 8 atom stereocenters. The van der Waals surface area contributed by atoms with Crippen molar-refractivity contribution in [3.63, 3.8) is 0 Å². The van der Waals surface area contributed by atoms with Crippen molar-refractivity contribution < 1.29 is 4.79 Å². The summed E-state index contributed by atoms with van der Waals surface area (Å²) in [5.41, 5.74) is 2.40. The number of allylic oxidation sites excluding steroid dienone is 1. The molecule has 174 valence electrons. The van der Waals surface area contributed by atoms with Gasteiger partial charge in [0.2, 0.25) is 5.91 Å². The van der Waals surface area contributed by atoms with Crippen LogP contribution in [0.3, 0.4) is 0 Å². The molecule has 5 aliphatic rings. The molecule has 0 aromatic heterocycles. The molecular formula is C28H46N2O. The third-order valence-electron chi connectivity index (χ3n) is 11.2. The Kier molecular flexibility index (Phi) is 5.02. The topological polar surface area (TPSA) is 23.6 Å². The standard InChI is InChI=1S/C28H46N2O/c1-18-22-10-11-24-21-9-8-19-16-20(30(7)25(31)26(2,3)4)12-14-27(19,5)23(21)13-15-28(22,24)17-29(18)6/h8,18,20-24H,9-17H2,1-7H3/t18-,20-,21+,22+,23?,24-,27-,28-/m0/s1. The van der Waals surface area contributed by atoms with Crippen LogP contribution in [0.5, 0.6) is 0 Å². The van der Waals surface area contributed by atoms with Gasteiger partial charge in [0.1, 0.15) is 0 Å². The first-order valence-electron chi connectivity index (χ1n) is 13.2. The molecule has 3 saturated carbocycles. The first-order chi connectivity index (χ1) is 14.5. The molecule has 3 nitrogen and oxygen atoms in total. The van der Waals surface area contributed by atoms with Gasteiger partial charge in [0.05, 0.1) is 0 Å². The molecule has 0 radical (unpaired) electrons. The fourth-order valence-electron chi connectivity index (χ4n) is 9.47. The SMILES string of the molecule is C[C@H]1[C@H]2CC[C@H]3[C@@H]4CC=C5C[C@@H](N(C)C(=O)C(C)(C)C)CC[C@]5(C)C4CC[C@]23CN1C. The predicted octanol–water partition coefficient (Wildman–Crippen LogP) is 5.75. The number of rotatable bonds is 1. The Morgan fingerprint density at radius 2 is 1.81 bits per heavy atom. The van der Waals surface area contributed by atoms with Crippen molar-refractivity contribution in [3.05, 3.63) is 11.6 Å². The monoisotopic (exact) mass is 426 g/mol. The van der Waals surface area contributed by atoms with E-state index >= 15 is 0 Å². The molecule has 1 aliphatic heterocycles. The zero-order valence-corrected chi connectivity index (χ0v) is 21.2. The second kappa shape index (κ2) is 7.08. The van der Waals surface area contributed by atoms with Crippen LogP contribution in [0.2, 0.25) is 0 Å². The average Bonchev–Trinajstić information content (AvgIpc) is 3.19. The van der Waals surface area contributed by atoms with Crippen molar-refractivity contribution in [3.8, 4) is 0 Å². The minimum Gasteiger partial charge on any atom is -0.342 e. The molecule has 1 spiro atoms. The lowest BCUT2D eigenvalue weighted by molar-refractivity contribution is -0.141. The second-order valence-corrected chi connectivity index (χ2v) is 13.4. The van der Waals surface area contributed by atoms with E-state index in [1.807, 2.05) is 7.05 Å². The van der Waals surface area contributed by atoms with Crippen LogP contribution >= 0.6 is 0 Å². The van der Waals surface area contributed by atoms with Gasteiger partial charge in [-0.1, -0.05) is 39.3 Å². The highest BCUT2D eigenvalue weighted by Crippen LogP contribution is 2.68. The van der Waals surface area contributed by atoms with Crippen molar-refractivity contribution in [2.24, 2.45) is 39.9 Å². The summed E-state index contributed by atoms with van der Waals surface area (Å²) in [6.07, 6.45) is 13.4. The van der Waals surface area contributed by atoms with Crippen LogP contribution < -0.4 is 0 Å². The second-order valence-electron chi connectivity index (χ2n) is 13.4. The summed E-state index contributed by atoms with van der Waals surface area (Å²) in [5.74, 6) is 3.95. The van der Waals surface area contributed by atoms with Crippen molar-refractivity contribution in [1.29, 1.82) is 0 Å². The van der Waals surface area contributed by atoms with E-state index < -0.39 is 0 Å². The van der Waals surface area contributed by atoms with E-state index in [4.69, 9.17) is 0 Å². The van der Waals surface area contributed by atoms with E-state index in [0.29, 0.717) is 22.8 Å². The van der Waals surface area contributed by atoms with Gasteiger partial charge >= 0.3 is 0 Å². The molecule has 3 heteroatoms. The molecule has 1 heterocycles. The van der Waals surface area contributed by atoms with Crippen LogP contribution in [-0.2, 0) is 4.79 Å². The van der Waals surface area contributed by atoms with Crippen molar-refractivity contribution in [1.82, 2.24) is 9.80 Å². The highest BCUT2D eigenvalue weighted by atomic mass is 16.2. The Labute approximate surface area is 191 Å². The van der Waals surface area contributed by atoms with E-state index in [9.17, 15) is 4.79 Å². The number of amides is 1. The van der Waals surface area contributed by atoms with Crippen molar-refractivity contribution >= 4 is 5.91 Å². The van der Waals surface area contributed by atoms with E-state index in [1.165, 1.54) is 51.5 Å². The molecule has 0 bridgehead atoms. The van der Waals surface area contributed by atoms with Gasteiger partial charge in [-0.2, -0.15) is 0 Å². The number of hydrogen-bond donors (Lipinski definition) is 0. The molecule has 0 N–H and O–H groups in total. The highest BCUT2D eigenvalue weighted by molar-refractivity contribution is 5.81. The van der Waals surface area contributed by atoms with Crippen LogP contribution in [-0.4, -0.2) is 48.4 Å². The molecule has 4 fully saturated rings. The van der Waals surface area contributed by atoms with E-state index in [-0.39, 0.29) is 5.41 Å². The molecule has 5 rings (SSSR count). The fourth-order valence-corrected chi connectivity index (χ4v) is 9.47. The van der Waals surface area contributed by atoms with Gasteiger partial charge in [-0.05, 0) is 99.8 Å². The highest BCUT2D eigenvalue weighted by Gasteiger charge is 2.64. The molecule has 31 heavy (non-hydrogen) atoms. The molecule has 1 unspecified atom stereocenters. The predicted molar refractivity (Wildman–Crippen MR) is 128 cm³/mol. The number of hydrogen-bond acceptors (Lipinski definition) is 2. The summed E-state index contributed by atoms with van der Waals surface area (Å²) in [5, 5.41) is 0. The molecule has 1 amide bonds. The van der Waals surface area contributed by atoms with E-state index in [1.54, 1.807) is 5.57 Å². The van der Waals surface area contributed by atoms with Crippen molar-refractivity contribution in [2.45, 2.75) is 98.1 Å².